The van der Waals surface area contributed by atoms with Crippen LogP contribution in [0.25, 0.3) is 0 Å². The monoisotopic (exact) mass is 463 g/mol. The molecule has 1 aromatic carbocycles. The Balaban J connectivity index is 1.32. The molecule has 1 aromatic heterocycles. The summed E-state index contributed by atoms with van der Waals surface area (Å²) < 4.78 is 12.7. The van der Waals surface area contributed by atoms with Crippen LogP contribution in [-0.4, -0.2) is 63.8 Å². The average Bonchev–Trinajstić information content (AvgIpc) is 3.22. The largest absolute Gasteiger partial charge is 0.611 e. The van der Waals surface area contributed by atoms with Crippen LogP contribution in [0.2, 0.25) is 0 Å². The Kier molecular flexibility index (Phi) is 6.17. The van der Waals surface area contributed by atoms with E-state index in [9.17, 15) is 9.35 Å². The number of carbonyl (C=O) groups excluding carboxylic acids is 1. The van der Waals surface area contributed by atoms with Crippen LogP contribution in [0.4, 0.5) is 11.8 Å². The summed E-state index contributed by atoms with van der Waals surface area (Å²) >= 11 is -1.08. The molecule has 2 atom stereocenters. The number of nitrogens with one attached hydrogen (secondary N) is 1. The van der Waals surface area contributed by atoms with Crippen molar-refractivity contribution in [3.63, 3.8) is 0 Å². The van der Waals surface area contributed by atoms with Gasteiger partial charge >= 0.3 is 0 Å². The van der Waals surface area contributed by atoms with Gasteiger partial charge in [0, 0.05) is 51.1 Å². The number of terminal acetylenes is 1. The molecule has 7 nitrogen and oxygen atoms in total. The van der Waals surface area contributed by atoms with Gasteiger partial charge in [-0.05, 0) is 54.1 Å². The lowest BCUT2D eigenvalue weighted by Gasteiger charge is -2.33. The van der Waals surface area contributed by atoms with Crippen LogP contribution in [0.5, 0.6) is 0 Å². The summed E-state index contributed by atoms with van der Waals surface area (Å²) in [6.45, 7) is 2.39. The molecule has 0 saturated carbocycles. The van der Waals surface area contributed by atoms with Crippen molar-refractivity contribution in [3.8, 4) is 12.3 Å². The zero-order chi connectivity index (χ0) is 22.9. The Labute approximate surface area is 198 Å². The number of rotatable bonds is 4. The van der Waals surface area contributed by atoms with Crippen LogP contribution in [0, 0.1) is 12.3 Å². The first kappa shape index (κ1) is 22.1. The van der Waals surface area contributed by atoms with Crippen molar-refractivity contribution in [1.82, 2.24) is 14.9 Å². The Morgan fingerprint density at radius 3 is 2.61 bits per heavy atom. The molecule has 1 N–H and O–H groups in total. The van der Waals surface area contributed by atoms with E-state index in [1.165, 1.54) is 5.56 Å². The maximum absolute atomic E-state index is 12.7. The van der Waals surface area contributed by atoms with Crippen LogP contribution in [0.15, 0.2) is 29.2 Å². The Bertz CT molecular complexity index is 1080. The van der Waals surface area contributed by atoms with E-state index in [2.05, 4.69) is 28.3 Å². The number of aromatic nitrogens is 2. The molecule has 172 valence electrons. The third-order valence-corrected chi connectivity index (χ3v) is 8.43. The zero-order valence-corrected chi connectivity index (χ0v) is 19.7. The summed E-state index contributed by atoms with van der Waals surface area (Å²) in [6.07, 6.45) is 9.53. The van der Waals surface area contributed by atoms with Gasteiger partial charge < -0.3 is 19.7 Å². The first-order valence-electron chi connectivity index (χ1n) is 11.6. The van der Waals surface area contributed by atoms with Gasteiger partial charge in [-0.25, -0.2) is 4.98 Å². The van der Waals surface area contributed by atoms with Gasteiger partial charge in [0.25, 0.3) is 0 Å². The van der Waals surface area contributed by atoms with E-state index in [1.807, 2.05) is 19.2 Å². The lowest BCUT2D eigenvalue weighted by molar-refractivity contribution is -0.132. The molecule has 3 aliphatic rings. The number of hydrogen-bond donors (Lipinski definition) is 1. The molecule has 5 rings (SSSR count). The average molecular weight is 464 g/mol. The van der Waals surface area contributed by atoms with Crippen molar-refractivity contribution in [2.24, 2.45) is 0 Å². The third-order valence-electron chi connectivity index (χ3n) is 6.97. The molecule has 0 radical (unpaired) electrons. The molecule has 33 heavy (non-hydrogen) atoms. The lowest BCUT2D eigenvalue weighted by atomic mass is 9.89. The number of likely N-dealkylation sites (tertiary alicyclic amines) is 1. The van der Waals surface area contributed by atoms with Gasteiger partial charge in [0.05, 0.1) is 0 Å². The fourth-order valence-corrected chi connectivity index (χ4v) is 6.32. The van der Waals surface area contributed by atoms with Crippen LogP contribution >= 0.6 is 0 Å². The first-order valence-corrected chi connectivity index (χ1v) is 12.9. The van der Waals surface area contributed by atoms with Gasteiger partial charge in [0.1, 0.15) is 11.4 Å². The fraction of sp³-hybridized carbons (Fsp3) is 0.480. The topological polar surface area (TPSA) is 84.4 Å². The third kappa shape index (κ3) is 4.53. The van der Waals surface area contributed by atoms with Gasteiger partial charge in [-0.2, -0.15) is 4.98 Å². The van der Waals surface area contributed by atoms with Gasteiger partial charge in [-0.3, -0.25) is 4.79 Å². The molecule has 2 aromatic rings. The van der Waals surface area contributed by atoms with Gasteiger partial charge in [-0.1, -0.05) is 18.1 Å². The molecule has 4 heterocycles. The van der Waals surface area contributed by atoms with Crippen LogP contribution in [0.3, 0.4) is 0 Å². The second kappa shape index (κ2) is 9.24. The molecule has 0 bridgehead atoms. The number of benzene rings is 1. The number of likely N-dealkylation sites (N-methyl/N-ethyl adjacent to an activating group) is 1. The minimum Gasteiger partial charge on any atom is -0.611 e. The van der Waals surface area contributed by atoms with E-state index in [4.69, 9.17) is 16.4 Å². The number of nitrogens with zero attached hydrogens (tertiary/aromatic N) is 4. The first-order chi connectivity index (χ1) is 16.0. The highest BCUT2D eigenvalue weighted by molar-refractivity contribution is 7.91. The SMILES string of the molecule is C#Cc1ccc(C2CCN(c3nc4c(c(N[C@H]5CCC(=O)N(C)C5)n3)[S+]([O-])CC4)CC2)cc1. The molecule has 2 fully saturated rings. The van der Waals surface area contributed by atoms with E-state index < -0.39 is 11.2 Å². The fourth-order valence-electron chi connectivity index (χ4n) is 5.01. The Morgan fingerprint density at radius 1 is 1.15 bits per heavy atom. The summed E-state index contributed by atoms with van der Waals surface area (Å²) in [7, 11) is 1.83. The standard InChI is InChI=1S/C25H29N5O2S/c1-3-17-4-6-18(7-5-17)19-10-13-30(14-11-19)25-27-21-12-15-33(32)23(21)24(28-25)26-20-8-9-22(31)29(2)16-20/h1,4-7,19-20H,8-16H2,2H3,(H,26,27,28)/t20-,33?/m0/s1. The summed E-state index contributed by atoms with van der Waals surface area (Å²) in [5.41, 5.74) is 3.14. The van der Waals surface area contributed by atoms with E-state index >= 15 is 0 Å². The molecule has 3 aliphatic heterocycles. The predicted molar refractivity (Wildman–Crippen MR) is 130 cm³/mol. The molecular weight excluding hydrogens is 434 g/mol. The number of piperidine rings is 2. The molecule has 8 heteroatoms. The van der Waals surface area contributed by atoms with Gasteiger partial charge in [0.2, 0.25) is 16.8 Å². The van der Waals surface area contributed by atoms with Gasteiger partial charge in [-0.15, -0.1) is 6.42 Å². The van der Waals surface area contributed by atoms with Crippen molar-refractivity contribution in [2.45, 2.75) is 49.0 Å². The minimum atomic E-state index is -1.08. The summed E-state index contributed by atoms with van der Waals surface area (Å²) in [5.74, 6) is 5.35. The zero-order valence-electron chi connectivity index (χ0n) is 18.9. The van der Waals surface area contributed by atoms with E-state index in [0.717, 1.165) is 54.5 Å². The summed E-state index contributed by atoms with van der Waals surface area (Å²) in [4.78, 5) is 26.3. The van der Waals surface area contributed by atoms with Crippen molar-refractivity contribution in [1.29, 1.82) is 0 Å². The van der Waals surface area contributed by atoms with E-state index in [0.29, 0.717) is 36.9 Å². The lowest BCUT2D eigenvalue weighted by Crippen LogP contribution is -2.43. The number of carbonyl (C=O) groups is 1. The highest BCUT2D eigenvalue weighted by Crippen LogP contribution is 2.35. The van der Waals surface area contributed by atoms with Crippen molar-refractivity contribution < 1.29 is 9.35 Å². The smallest absolute Gasteiger partial charge is 0.227 e. The van der Waals surface area contributed by atoms with Crippen molar-refractivity contribution >= 4 is 28.8 Å². The van der Waals surface area contributed by atoms with Crippen LogP contribution in [0.1, 0.15) is 48.4 Å². The highest BCUT2D eigenvalue weighted by atomic mass is 32.2. The molecule has 2 saturated heterocycles. The van der Waals surface area contributed by atoms with Crippen molar-refractivity contribution in [2.75, 3.05) is 42.7 Å². The molecule has 0 aliphatic carbocycles. The number of anilines is 2. The maximum atomic E-state index is 12.7. The second-order valence-corrected chi connectivity index (χ2v) is 10.6. The highest BCUT2D eigenvalue weighted by Gasteiger charge is 2.35. The van der Waals surface area contributed by atoms with E-state index in [-0.39, 0.29) is 11.9 Å². The Hall–Kier alpha value is -2.76. The number of hydrogen-bond acceptors (Lipinski definition) is 6. The molecule has 1 unspecified atom stereocenters. The maximum Gasteiger partial charge on any atom is 0.227 e. The molecule has 0 spiro atoms. The predicted octanol–water partition coefficient (Wildman–Crippen LogP) is 2.54. The second-order valence-electron chi connectivity index (χ2n) is 9.13. The summed E-state index contributed by atoms with van der Waals surface area (Å²) in [5, 5.41) is 3.51. The minimum absolute atomic E-state index is 0.105. The van der Waals surface area contributed by atoms with Gasteiger partial charge in [0.15, 0.2) is 5.82 Å². The number of fused-ring (bicyclic) bond motifs is 1. The van der Waals surface area contributed by atoms with Crippen LogP contribution in [-0.2, 0) is 22.4 Å². The number of amides is 1. The quantitative estimate of drug-likeness (QED) is 0.554. The van der Waals surface area contributed by atoms with E-state index in [1.54, 1.807) is 4.90 Å². The molecular formula is C25H29N5O2S. The summed E-state index contributed by atoms with van der Waals surface area (Å²) in [6, 6.07) is 8.42. The normalized spacial score (nSPS) is 23.4. The van der Waals surface area contributed by atoms with Crippen LogP contribution < -0.4 is 10.2 Å². The Morgan fingerprint density at radius 2 is 1.91 bits per heavy atom. The molecule has 1 amide bonds. The van der Waals surface area contributed by atoms with Crippen molar-refractivity contribution in [3.05, 3.63) is 41.1 Å². The number of aryl methyl sites for hydroxylation is 1.